The lowest BCUT2D eigenvalue weighted by molar-refractivity contribution is 0.0945. The van der Waals surface area contributed by atoms with Gasteiger partial charge >= 0.3 is 0 Å². The van der Waals surface area contributed by atoms with Gasteiger partial charge in [-0.2, -0.15) is 5.10 Å². The van der Waals surface area contributed by atoms with Gasteiger partial charge in [-0.05, 0) is 12.1 Å². The zero-order chi connectivity index (χ0) is 13.9. The second-order valence-corrected chi connectivity index (χ2v) is 4.47. The van der Waals surface area contributed by atoms with Gasteiger partial charge in [0.05, 0.1) is 17.8 Å². The number of aromatic nitrogens is 3. The van der Waals surface area contributed by atoms with Crippen molar-refractivity contribution in [3.63, 3.8) is 0 Å². The molecule has 0 atom stereocenters. The number of nitrogens with zero attached hydrogens (tertiary/aromatic N) is 3. The molecule has 7 nitrogen and oxygen atoms in total. The first-order chi connectivity index (χ1) is 9.74. The van der Waals surface area contributed by atoms with E-state index in [0.717, 1.165) is 12.2 Å². The Morgan fingerprint density at radius 2 is 2.45 bits per heavy atom. The SMILES string of the molecule is Cn1cnc(CNC(=O)c2cccc3c2OCCN3)n1. The van der Waals surface area contributed by atoms with Crippen molar-refractivity contribution in [1.82, 2.24) is 20.1 Å². The molecule has 2 N–H and O–H groups in total. The van der Waals surface area contributed by atoms with Gasteiger partial charge in [0, 0.05) is 13.6 Å². The largest absolute Gasteiger partial charge is 0.489 e. The van der Waals surface area contributed by atoms with Crippen LogP contribution in [-0.2, 0) is 13.6 Å². The molecule has 104 valence electrons. The summed E-state index contributed by atoms with van der Waals surface area (Å²) < 4.78 is 7.17. The van der Waals surface area contributed by atoms with Crippen LogP contribution in [0.2, 0.25) is 0 Å². The van der Waals surface area contributed by atoms with Crippen LogP contribution in [-0.4, -0.2) is 33.8 Å². The van der Waals surface area contributed by atoms with Crippen molar-refractivity contribution in [3.05, 3.63) is 35.9 Å². The average molecular weight is 273 g/mol. The number of amides is 1. The summed E-state index contributed by atoms with van der Waals surface area (Å²) in [7, 11) is 1.78. The van der Waals surface area contributed by atoms with Gasteiger partial charge in [0.25, 0.3) is 5.91 Å². The maximum Gasteiger partial charge on any atom is 0.255 e. The topological polar surface area (TPSA) is 81.1 Å². The van der Waals surface area contributed by atoms with Crippen LogP contribution in [0.1, 0.15) is 16.2 Å². The zero-order valence-electron chi connectivity index (χ0n) is 11.1. The molecule has 3 rings (SSSR count). The lowest BCUT2D eigenvalue weighted by Gasteiger charge is -2.21. The Morgan fingerprint density at radius 1 is 1.55 bits per heavy atom. The summed E-state index contributed by atoms with van der Waals surface area (Å²) in [5.74, 6) is 0.980. The Kier molecular flexibility index (Phi) is 3.24. The molecule has 0 saturated carbocycles. The first-order valence-electron chi connectivity index (χ1n) is 6.36. The van der Waals surface area contributed by atoms with Crippen molar-refractivity contribution in [1.29, 1.82) is 0 Å². The van der Waals surface area contributed by atoms with Gasteiger partial charge in [-0.25, -0.2) is 4.98 Å². The molecular formula is C13H15N5O2. The van der Waals surface area contributed by atoms with Crippen molar-refractivity contribution in [2.45, 2.75) is 6.54 Å². The summed E-state index contributed by atoms with van der Waals surface area (Å²) in [6, 6.07) is 5.47. The van der Waals surface area contributed by atoms with Crippen molar-refractivity contribution in [3.8, 4) is 5.75 Å². The number of fused-ring (bicyclic) bond motifs is 1. The van der Waals surface area contributed by atoms with Crippen LogP contribution in [0.4, 0.5) is 5.69 Å². The molecule has 1 amide bonds. The third-order valence-electron chi connectivity index (χ3n) is 2.98. The fourth-order valence-electron chi connectivity index (χ4n) is 2.07. The summed E-state index contributed by atoms with van der Waals surface area (Å²) in [5, 5.41) is 10.1. The standard InChI is InChI=1S/C13H15N5O2/c1-18-8-16-11(17-18)7-15-13(19)9-3-2-4-10-12(9)20-6-5-14-10/h2-4,8,14H,5-7H2,1H3,(H,15,19). The van der Waals surface area contributed by atoms with Gasteiger partial charge in [0.1, 0.15) is 12.9 Å². The molecule has 0 fully saturated rings. The smallest absolute Gasteiger partial charge is 0.255 e. The van der Waals surface area contributed by atoms with E-state index in [-0.39, 0.29) is 12.5 Å². The fourth-order valence-corrected chi connectivity index (χ4v) is 2.07. The summed E-state index contributed by atoms with van der Waals surface area (Å²) in [5.41, 5.74) is 1.37. The van der Waals surface area contributed by atoms with Crippen LogP contribution in [0.5, 0.6) is 5.75 Å². The normalized spacial score (nSPS) is 13.1. The third-order valence-corrected chi connectivity index (χ3v) is 2.98. The van der Waals surface area contributed by atoms with Gasteiger partial charge in [-0.3, -0.25) is 9.48 Å². The van der Waals surface area contributed by atoms with E-state index in [2.05, 4.69) is 20.7 Å². The molecule has 1 aliphatic rings. The molecule has 1 aromatic carbocycles. The van der Waals surface area contributed by atoms with E-state index in [1.54, 1.807) is 24.1 Å². The number of nitrogens with one attached hydrogen (secondary N) is 2. The molecule has 0 radical (unpaired) electrons. The van der Waals surface area contributed by atoms with Crippen LogP contribution >= 0.6 is 0 Å². The van der Waals surface area contributed by atoms with Gasteiger partial charge < -0.3 is 15.4 Å². The lowest BCUT2D eigenvalue weighted by atomic mass is 10.1. The fraction of sp³-hybridized carbons (Fsp3) is 0.308. The van der Waals surface area contributed by atoms with Crippen molar-refractivity contribution in [2.75, 3.05) is 18.5 Å². The van der Waals surface area contributed by atoms with E-state index in [1.807, 2.05) is 12.1 Å². The minimum atomic E-state index is -0.196. The minimum absolute atomic E-state index is 0.196. The predicted molar refractivity (Wildman–Crippen MR) is 72.6 cm³/mol. The van der Waals surface area contributed by atoms with E-state index < -0.39 is 0 Å². The second kappa shape index (κ2) is 5.20. The first kappa shape index (κ1) is 12.5. The number of benzene rings is 1. The van der Waals surface area contributed by atoms with Crippen LogP contribution in [0.25, 0.3) is 0 Å². The summed E-state index contributed by atoms with van der Waals surface area (Å²) in [4.78, 5) is 16.3. The Hall–Kier alpha value is -2.57. The molecule has 20 heavy (non-hydrogen) atoms. The molecule has 2 heterocycles. The molecule has 2 aromatic rings. The Morgan fingerprint density at radius 3 is 3.25 bits per heavy atom. The first-order valence-corrected chi connectivity index (χ1v) is 6.36. The van der Waals surface area contributed by atoms with E-state index in [4.69, 9.17) is 4.74 Å². The van der Waals surface area contributed by atoms with Crippen molar-refractivity contribution >= 4 is 11.6 Å². The summed E-state index contributed by atoms with van der Waals surface area (Å²) in [6.45, 7) is 1.59. The van der Waals surface area contributed by atoms with Gasteiger partial charge in [0.2, 0.25) is 0 Å². The Balaban J connectivity index is 1.74. The number of hydrogen-bond donors (Lipinski definition) is 2. The number of hydrogen-bond acceptors (Lipinski definition) is 5. The highest BCUT2D eigenvalue weighted by Gasteiger charge is 2.18. The second-order valence-electron chi connectivity index (χ2n) is 4.47. The Bertz CT molecular complexity index is 637. The Labute approximate surface area is 116 Å². The monoisotopic (exact) mass is 273 g/mol. The van der Waals surface area contributed by atoms with Crippen molar-refractivity contribution < 1.29 is 9.53 Å². The number of anilines is 1. The number of ether oxygens (including phenoxy) is 1. The van der Waals surface area contributed by atoms with Crippen molar-refractivity contribution in [2.24, 2.45) is 7.05 Å². The van der Waals surface area contributed by atoms with Crippen LogP contribution < -0.4 is 15.4 Å². The summed E-state index contributed by atoms with van der Waals surface area (Å²) in [6.07, 6.45) is 1.60. The van der Waals surface area contributed by atoms with Crippen LogP contribution in [0.3, 0.4) is 0 Å². The molecule has 0 aliphatic carbocycles. The number of carbonyl (C=O) groups is 1. The molecule has 7 heteroatoms. The lowest BCUT2D eigenvalue weighted by Crippen LogP contribution is -2.26. The molecule has 0 saturated heterocycles. The minimum Gasteiger partial charge on any atom is -0.489 e. The number of carbonyl (C=O) groups excluding carboxylic acids is 1. The number of para-hydroxylation sites is 1. The zero-order valence-corrected chi connectivity index (χ0v) is 11.1. The molecule has 1 aliphatic heterocycles. The molecular weight excluding hydrogens is 258 g/mol. The number of rotatable bonds is 3. The quantitative estimate of drug-likeness (QED) is 0.853. The maximum absolute atomic E-state index is 12.2. The molecule has 0 unspecified atom stereocenters. The van der Waals surface area contributed by atoms with E-state index in [1.165, 1.54) is 0 Å². The van der Waals surface area contributed by atoms with Gasteiger partial charge in [0.15, 0.2) is 11.6 Å². The van der Waals surface area contributed by atoms with Gasteiger partial charge in [-0.1, -0.05) is 6.07 Å². The molecule has 0 spiro atoms. The van der Waals surface area contributed by atoms with Crippen LogP contribution in [0.15, 0.2) is 24.5 Å². The molecule has 0 bridgehead atoms. The average Bonchev–Trinajstić information content (AvgIpc) is 2.90. The summed E-state index contributed by atoms with van der Waals surface area (Å²) >= 11 is 0. The van der Waals surface area contributed by atoms with E-state index in [0.29, 0.717) is 23.7 Å². The third kappa shape index (κ3) is 2.42. The van der Waals surface area contributed by atoms with E-state index in [9.17, 15) is 4.79 Å². The van der Waals surface area contributed by atoms with Gasteiger partial charge in [-0.15, -0.1) is 0 Å². The van der Waals surface area contributed by atoms with Crippen LogP contribution in [0, 0.1) is 0 Å². The highest BCUT2D eigenvalue weighted by molar-refractivity contribution is 5.98. The number of aryl methyl sites for hydroxylation is 1. The maximum atomic E-state index is 12.2. The predicted octanol–water partition coefficient (Wildman–Crippen LogP) is 0.549. The highest BCUT2D eigenvalue weighted by atomic mass is 16.5. The molecule has 1 aromatic heterocycles. The van der Waals surface area contributed by atoms with E-state index >= 15 is 0 Å². The highest BCUT2D eigenvalue weighted by Crippen LogP contribution is 2.30.